The van der Waals surface area contributed by atoms with E-state index in [0.717, 1.165) is 11.1 Å². The van der Waals surface area contributed by atoms with Crippen LogP contribution in [0.3, 0.4) is 0 Å². The van der Waals surface area contributed by atoms with Crippen LogP contribution in [0.5, 0.6) is 0 Å². The molecule has 0 spiro atoms. The van der Waals surface area contributed by atoms with E-state index in [1.165, 1.54) is 0 Å². The summed E-state index contributed by atoms with van der Waals surface area (Å²) in [6.45, 7) is 8.24. The Hall–Kier alpha value is -5.23. The third-order valence-electron chi connectivity index (χ3n) is 6.67. The minimum atomic E-state index is -1.40. The van der Waals surface area contributed by atoms with Gasteiger partial charge in [-0.05, 0) is 24.3 Å². The fourth-order valence-electron chi connectivity index (χ4n) is 4.61. The van der Waals surface area contributed by atoms with Crippen molar-refractivity contribution in [3.05, 3.63) is 90.1 Å². The number of Topliss-reactive ketones (excluding diaryl/α,β-unsaturated/α-hetero) is 2. The number of nitrogens with zero attached hydrogens (tertiary/aromatic N) is 5. The predicted molar refractivity (Wildman–Crippen MR) is 166 cm³/mol. The fraction of sp³-hybridized carbons (Fsp3) is 0.194. The molecule has 0 radical (unpaired) electrons. The number of carbonyl (C=O) groups is 4. The standard InChI is InChI=1S/C14H11N3O2.C9H16N2OSi.C8H5NO2/c1-17-8-15-7-13(17)12-6-10(14(18)19)9-4-2-3-5-11(9)16-12;1-7(12)8-6-10-9(11(8)2)13(3,4)5;10-7-5-3-1-2-4-6(5)9-8(7)11/h2-8H,1H3,(H,18,19);6H,1-5H3;1-4H,(H,9,10,11). The summed E-state index contributed by atoms with van der Waals surface area (Å²) in [5, 5.41) is 12.4. The Morgan fingerprint density at radius 1 is 0.953 bits per heavy atom. The van der Waals surface area contributed by atoms with E-state index in [1.54, 1.807) is 68.1 Å². The van der Waals surface area contributed by atoms with Crippen LogP contribution in [0.25, 0.3) is 22.3 Å². The molecule has 5 aromatic rings. The highest BCUT2D eigenvalue weighted by atomic mass is 28.3. The number of benzene rings is 2. The molecule has 0 unspecified atom stereocenters. The summed E-state index contributed by atoms with van der Waals surface area (Å²) in [4.78, 5) is 57.1. The van der Waals surface area contributed by atoms with Crippen LogP contribution in [0, 0.1) is 0 Å². The van der Waals surface area contributed by atoms with Gasteiger partial charge >= 0.3 is 5.97 Å². The number of hydrogen-bond donors (Lipinski definition) is 2. The summed E-state index contributed by atoms with van der Waals surface area (Å²) in [7, 11) is 2.36. The number of imidazole rings is 2. The molecular weight excluding hydrogens is 564 g/mol. The van der Waals surface area contributed by atoms with E-state index in [4.69, 9.17) is 0 Å². The van der Waals surface area contributed by atoms with Gasteiger partial charge in [-0.3, -0.25) is 14.4 Å². The maximum Gasteiger partial charge on any atom is 0.336 e. The van der Waals surface area contributed by atoms with E-state index in [0.29, 0.717) is 33.5 Å². The normalized spacial score (nSPS) is 12.0. The summed E-state index contributed by atoms with van der Waals surface area (Å²) in [6.07, 6.45) is 5.01. The number of nitrogens with one attached hydrogen (secondary N) is 1. The van der Waals surface area contributed by atoms with Crippen LogP contribution >= 0.6 is 0 Å². The van der Waals surface area contributed by atoms with E-state index in [9.17, 15) is 24.3 Å². The first-order valence-electron chi connectivity index (χ1n) is 13.4. The lowest BCUT2D eigenvalue weighted by molar-refractivity contribution is -0.112. The lowest BCUT2D eigenvalue weighted by Crippen LogP contribution is -2.44. The van der Waals surface area contributed by atoms with Crippen molar-refractivity contribution in [2.45, 2.75) is 26.6 Å². The summed E-state index contributed by atoms with van der Waals surface area (Å²) in [5.41, 5.74) is 5.18. The third kappa shape index (κ3) is 6.65. The quantitative estimate of drug-likeness (QED) is 0.177. The molecular formula is C31H32N6O5Si. The average Bonchev–Trinajstić information content (AvgIpc) is 3.65. The van der Waals surface area contributed by atoms with Crippen LogP contribution in [0.15, 0.2) is 73.3 Å². The zero-order chi connectivity index (χ0) is 31.5. The number of anilines is 1. The van der Waals surface area contributed by atoms with Gasteiger partial charge in [0.25, 0.3) is 11.7 Å². The number of rotatable bonds is 4. The second-order valence-corrected chi connectivity index (χ2v) is 15.9. The van der Waals surface area contributed by atoms with Crippen molar-refractivity contribution in [1.82, 2.24) is 24.1 Å². The number of aryl methyl sites for hydroxylation is 1. The van der Waals surface area contributed by atoms with E-state index in [1.807, 2.05) is 35.4 Å². The third-order valence-corrected chi connectivity index (χ3v) is 8.48. The Kier molecular flexibility index (Phi) is 8.81. The number of fused-ring (bicyclic) bond motifs is 2. The summed E-state index contributed by atoms with van der Waals surface area (Å²) in [5.74, 6) is -1.85. The number of aromatic carboxylic acids is 1. The fourth-order valence-corrected chi connectivity index (χ4v) is 6.19. The Morgan fingerprint density at radius 2 is 1.63 bits per heavy atom. The number of aromatic nitrogens is 5. The van der Waals surface area contributed by atoms with Gasteiger partial charge in [-0.25, -0.2) is 19.7 Å². The molecule has 0 fully saturated rings. The van der Waals surface area contributed by atoms with Crippen LogP contribution in [-0.2, 0) is 18.9 Å². The first-order valence-corrected chi connectivity index (χ1v) is 16.9. The largest absolute Gasteiger partial charge is 0.478 e. The number of amides is 1. The molecule has 6 rings (SSSR count). The molecule has 11 nitrogen and oxygen atoms in total. The van der Waals surface area contributed by atoms with Crippen molar-refractivity contribution < 1.29 is 24.3 Å². The second kappa shape index (κ2) is 12.3. The number of hydrogen-bond acceptors (Lipinski definition) is 7. The summed E-state index contributed by atoms with van der Waals surface area (Å²) < 4.78 is 3.73. The molecule has 0 saturated carbocycles. The Balaban J connectivity index is 0.000000155. The number of para-hydroxylation sites is 2. The SMILES string of the molecule is CC(=O)c1cnc([Si](C)(C)C)n1C.Cn1cncc1-c1cc(C(=O)O)c2ccccc2n1.O=C1Nc2ccccc2C1=O. The lowest BCUT2D eigenvalue weighted by atomic mass is 10.1. The minimum Gasteiger partial charge on any atom is -0.478 e. The van der Waals surface area contributed by atoms with E-state index in [-0.39, 0.29) is 11.3 Å². The maximum absolute atomic E-state index is 11.4. The smallest absolute Gasteiger partial charge is 0.336 e. The average molecular weight is 597 g/mol. The molecule has 43 heavy (non-hydrogen) atoms. The highest BCUT2D eigenvalue weighted by Crippen LogP contribution is 2.24. The topological polar surface area (TPSA) is 149 Å². The van der Waals surface area contributed by atoms with Gasteiger partial charge in [-0.1, -0.05) is 50.0 Å². The molecule has 0 bridgehead atoms. The zero-order valence-corrected chi connectivity index (χ0v) is 25.7. The van der Waals surface area contributed by atoms with Crippen molar-refractivity contribution in [2.24, 2.45) is 14.1 Å². The molecule has 3 aromatic heterocycles. The molecule has 0 saturated heterocycles. The molecule has 2 aromatic carbocycles. The molecule has 1 amide bonds. The van der Waals surface area contributed by atoms with Crippen LogP contribution in [0.1, 0.15) is 38.1 Å². The van der Waals surface area contributed by atoms with Crippen LogP contribution < -0.4 is 10.8 Å². The summed E-state index contributed by atoms with van der Waals surface area (Å²) >= 11 is 0. The minimum absolute atomic E-state index is 0.0829. The highest BCUT2D eigenvalue weighted by molar-refractivity contribution is 6.87. The molecule has 1 aliphatic rings. The van der Waals surface area contributed by atoms with Gasteiger partial charge in [0.15, 0.2) is 5.78 Å². The number of pyridine rings is 1. The van der Waals surface area contributed by atoms with Crippen molar-refractivity contribution in [3.8, 4) is 11.4 Å². The molecule has 1 aliphatic heterocycles. The van der Waals surface area contributed by atoms with Crippen LogP contribution in [0.4, 0.5) is 5.69 Å². The zero-order valence-electron chi connectivity index (χ0n) is 24.7. The van der Waals surface area contributed by atoms with Gasteiger partial charge in [0.05, 0.1) is 57.9 Å². The van der Waals surface area contributed by atoms with Crippen molar-refractivity contribution in [2.75, 3.05) is 5.32 Å². The first kappa shape index (κ1) is 30.7. The molecule has 4 heterocycles. The van der Waals surface area contributed by atoms with Crippen LogP contribution in [-0.4, -0.2) is 60.7 Å². The number of carbonyl (C=O) groups excluding carboxylic acids is 3. The van der Waals surface area contributed by atoms with Gasteiger partial charge in [-0.2, -0.15) is 0 Å². The Bertz CT molecular complexity index is 1870. The van der Waals surface area contributed by atoms with E-state index >= 15 is 0 Å². The number of ketones is 2. The van der Waals surface area contributed by atoms with Gasteiger partial charge in [0.1, 0.15) is 13.8 Å². The Morgan fingerprint density at radius 3 is 2.19 bits per heavy atom. The van der Waals surface area contributed by atoms with Gasteiger partial charge in [0, 0.05) is 26.4 Å². The van der Waals surface area contributed by atoms with Gasteiger partial charge in [-0.15, -0.1) is 0 Å². The van der Waals surface area contributed by atoms with Crippen LogP contribution in [0.2, 0.25) is 19.6 Å². The molecule has 0 atom stereocenters. The van der Waals surface area contributed by atoms with E-state index in [2.05, 4.69) is 39.9 Å². The Labute approximate surface area is 249 Å². The van der Waals surface area contributed by atoms with E-state index < -0.39 is 25.7 Å². The van der Waals surface area contributed by atoms with Crippen molar-refractivity contribution in [3.63, 3.8) is 0 Å². The molecule has 2 N–H and O–H groups in total. The van der Waals surface area contributed by atoms with Crippen molar-refractivity contribution >= 4 is 53.6 Å². The molecule has 220 valence electrons. The molecule has 12 heteroatoms. The number of carboxylic acid groups (broad SMARTS) is 1. The van der Waals surface area contributed by atoms with Crippen molar-refractivity contribution in [1.29, 1.82) is 0 Å². The maximum atomic E-state index is 11.4. The van der Waals surface area contributed by atoms with Gasteiger partial charge < -0.3 is 19.6 Å². The highest BCUT2D eigenvalue weighted by Gasteiger charge is 2.26. The molecule has 0 aliphatic carbocycles. The second-order valence-electron chi connectivity index (χ2n) is 10.9. The summed E-state index contributed by atoms with van der Waals surface area (Å²) in [6, 6.07) is 15.7. The number of carboxylic acids is 1. The predicted octanol–water partition coefficient (Wildman–Crippen LogP) is 4.32. The van der Waals surface area contributed by atoms with Gasteiger partial charge in [0.2, 0.25) is 0 Å². The monoisotopic (exact) mass is 596 g/mol. The first-order chi connectivity index (χ1) is 20.3. The lowest BCUT2D eigenvalue weighted by Gasteiger charge is -2.15.